The fourth-order valence-electron chi connectivity index (χ4n) is 2.08. The largest absolute Gasteiger partial charge is 0.326 e. The molecule has 0 aromatic heterocycles. The van der Waals surface area contributed by atoms with Crippen molar-refractivity contribution < 1.29 is 8.42 Å². The van der Waals surface area contributed by atoms with Crippen LogP contribution in [0.25, 0.3) is 0 Å². The van der Waals surface area contributed by atoms with Crippen molar-refractivity contribution in [1.82, 2.24) is 4.31 Å². The molecular weight excluding hydrogens is 308 g/mol. The van der Waals surface area contributed by atoms with E-state index in [9.17, 15) is 8.42 Å². The average Bonchev–Trinajstić information content (AvgIpc) is 2.46. The summed E-state index contributed by atoms with van der Waals surface area (Å²) in [5, 5.41) is 0.401. The first kappa shape index (κ1) is 18.4. The number of hydrogen-bond acceptors (Lipinski definition) is 3. The van der Waals surface area contributed by atoms with Crippen LogP contribution in [0.4, 0.5) is 0 Å². The minimum atomic E-state index is -3.52. The van der Waals surface area contributed by atoms with Crippen LogP contribution in [0.5, 0.6) is 0 Å². The standard InChI is InChI=1S/C15H25ClN2O2S/c1-4-6-9-18(12(3)5-2)21(19,20)14-8-7-13(11-17)15(16)10-14/h7-8,10,12H,4-6,9,11,17H2,1-3H3. The normalized spacial score (nSPS) is 13.6. The maximum Gasteiger partial charge on any atom is 0.243 e. The number of unbranched alkanes of at least 4 members (excludes halogenated alkanes) is 1. The number of halogens is 1. The molecule has 0 bridgehead atoms. The van der Waals surface area contributed by atoms with E-state index in [0.29, 0.717) is 18.1 Å². The molecule has 1 unspecified atom stereocenters. The maximum absolute atomic E-state index is 12.8. The molecule has 1 atom stereocenters. The summed E-state index contributed by atoms with van der Waals surface area (Å²) in [5.41, 5.74) is 6.31. The first-order valence-corrected chi connectivity index (χ1v) is 9.20. The summed E-state index contributed by atoms with van der Waals surface area (Å²) in [6.07, 6.45) is 2.57. The average molecular weight is 333 g/mol. The fraction of sp³-hybridized carbons (Fsp3) is 0.600. The molecule has 0 saturated heterocycles. The zero-order valence-electron chi connectivity index (χ0n) is 13.0. The molecule has 0 radical (unpaired) electrons. The zero-order chi connectivity index (χ0) is 16.0. The van der Waals surface area contributed by atoms with Crippen LogP contribution >= 0.6 is 11.6 Å². The van der Waals surface area contributed by atoms with Gasteiger partial charge in [-0.15, -0.1) is 0 Å². The third-order valence-electron chi connectivity index (χ3n) is 3.67. The summed E-state index contributed by atoms with van der Waals surface area (Å²) >= 11 is 6.10. The molecule has 21 heavy (non-hydrogen) atoms. The summed E-state index contributed by atoms with van der Waals surface area (Å²) in [4.78, 5) is 0.237. The highest BCUT2D eigenvalue weighted by molar-refractivity contribution is 7.89. The first-order valence-electron chi connectivity index (χ1n) is 7.38. The molecule has 0 fully saturated rings. The van der Waals surface area contributed by atoms with Crippen molar-refractivity contribution >= 4 is 21.6 Å². The Morgan fingerprint density at radius 1 is 1.33 bits per heavy atom. The van der Waals surface area contributed by atoms with Crippen molar-refractivity contribution in [1.29, 1.82) is 0 Å². The Kier molecular flexibility index (Phi) is 7.13. The lowest BCUT2D eigenvalue weighted by Gasteiger charge is -2.27. The van der Waals surface area contributed by atoms with E-state index in [1.807, 2.05) is 20.8 Å². The highest BCUT2D eigenvalue weighted by Gasteiger charge is 2.28. The summed E-state index contributed by atoms with van der Waals surface area (Å²) < 4.78 is 27.2. The number of sulfonamides is 1. The molecule has 120 valence electrons. The Labute approximate surface area is 133 Å². The number of nitrogens with zero attached hydrogens (tertiary/aromatic N) is 1. The quantitative estimate of drug-likeness (QED) is 0.793. The highest BCUT2D eigenvalue weighted by atomic mass is 35.5. The van der Waals surface area contributed by atoms with Gasteiger partial charge in [0.1, 0.15) is 0 Å². The van der Waals surface area contributed by atoms with E-state index in [2.05, 4.69) is 0 Å². The van der Waals surface area contributed by atoms with Crippen molar-refractivity contribution in [2.75, 3.05) is 6.54 Å². The van der Waals surface area contributed by atoms with Gasteiger partial charge in [0.2, 0.25) is 10.0 Å². The molecule has 0 aliphatic heterocycles. The van der Waals surface area contributed by atoms with Crippen LogP contribution in [0.1, 0.15) is 45.6 Å². The molecule has 6 heteroatoms. The van der Waals surface area contributed by atoms with Crippen LogP contribution in [-0.2, 0) is 16.6 Å². The molecule has 0 spiro atoms. The van der Waals surface area contributed by atoms with Crippen molar-refractivity contribution in [3.63, 3.8) is 0 Å². The maximum atomic E-state index is 12.8. The van der Waals surface area contributed by atoms with Crippen LogP contribution < -0.4 is 5.73 Å². The van der Waals surface area contributed by atoms with Gasteiger partial charge < -0.3 is 5.73 Å². The zero-order valence-corrected chi connectivity index (χ0v) is 14.5. The van der Waals surface area contributed by atoms with Crippen LogP contribution in [0.15, 0.2) is 23.1 Å². The Morgan fingerprint density at radius 2 is 2.00 bits per heavy atom. The van der Waals surface area contributed by atoms with E-state index < -0.39 is 10.0 Å². The van der Waals surface area contributed by atoms with E-state index in [1.54, 1.807) is 16.4 Å². The van der Waals surface area contributed by atoms with Crippen molar-refractivity contribution in [3.05, 3.63) is 28.8 Å². The third-order valence-corrected chi connectivity index (χ3v) is 6.03. The summed E-state index contributed by atoms with van der Waals surface area (Å²) in [5.74, 6) is 0. The third kappa shape index (κ3) is 4.42. The van der Waals surface area contributed by atoms with Gasteiger partial charge in [0.15, 0.2) is 0 Å². The van der Waals surface area contributed by atoms with Gasteiger partial charge in [0, 0.05) is 24.2 Å². The summed E-state index contributed by atoms with van der Waals surface area (Å²) in [7, 11) is -3.52. The van der Waals surface area contributed by atoms with Gasteiger partial charge in [0.05, 0.1) is 4.90 Å². The first-order chi connectivity index (χ1) is 9.88. The van der Waals surface area contributed by atoms with Gasteiger partial charge in [-0.25, -0.2) is 8.42 Å². The second-order valence-electron chi connectivity index (χ2n) is 5.18. The second kappa shape index (κ2) is 8.13. The minimum absolute atomic E-state index is 0.0329. The lowest BCUT2D eigenvalue weighted by Crippen LogP contribution is -2.39. The smallest absolute Gasteiger partial charge is 0.243 e. The number of nitrogens with two attached hydrogens (primary N) is 1. The number of hydrogen-bond donors (Lipinski definition) is 1. The Morgan fingerprint density at radius 3 is 2.48 bits per heavy atom. The Hall–Kier alpha value is -0.620. The van der Waals surface area contributed by atoms with E-state index in [1.165, 1.54) is 6.07 Å². The molecular formula is C15H25ClN2O2S. The van der Waals surface area contributed by atoms with E-state index in [0.717, 1.165) is 24.8 Å². The van der Waals surface area contributed by atoms with Gasteiger partial charge in [0.25, 0.3) is 0 Å². The lowest BCUT2D eigenvalue weighted by molar-refractivity contribution is 0.324. The van der Waals surface area contributed by atoms with Gasteiger partial charge in [-0.1, -0.05) is 37.9 Å². The molecule has 4 nitrogen and oxygen atoms in total. The molecule has 0 amide bonds. The Balaban J connectivity index is 3.18. The summed E-state index contributed by atoms with van der Waals surface area (Å²) in [6, 6.07) is 4.74. The predicted octanol–water partition coefficient (Wildman–Crippen LogP) is 3.39. The molecule has 1 aromatic rings. The molecule has 0 saturated carbocycles. The summed E-state index contributed by atoms with van der Waals surface area (Å²) in [6.45, 7) is 6.80. The van der Waals surface area contributed by atoms with E-state index in [4.69, 9.17) is 17.3 Å². The predicted molar refractivity (Wildman–Crippen MR) is 87.9 cm³/mol. The topological polar surface area (TPSA) is 63.4 Å². The van der Waals surface area contributed by atoms with Gasteiger partial charge >= 0.3 is 0 Å². The number of benzene rings is 1. The fourth-order valence-corrected chi connectivity index (χ4v) is 4.18. The van der Waals surface area contributed by atoms with Crippen molar-refractivity contribution in [2.24, 2.45) is 5.73 Å². The van der Waals surface area contributed by atoms with Crippen molar-refractivity contribution in [3.8, 4) is 0 Å². The molecule has 1 aromatic carbocycles. The van der Waals surface area contributed by atoms with Crippen molar-refractivity contribution in [2.45, 2.75) is 57.5 Å². The van der Waals surface area contributed by atoms with Gasteiger partial charge in [-0.2, -0.15) is 4.31 Å². The molecule has 0 heterocycles. The monoisotopic (exact) mass is 332 g/mol. The van der Waals surface area contributed by atoms with E-state index >= 15 is 0 Å². The SMILES string of the molecule is CCCCN(C(C)CC)S(=O)(=O)c1ccc(CN)c(Cl)c1. The lowest BCUT2D eigenvalue weighted by atomic mass is 10.2. The van der Waals surface area contributed by atoms with Crippen LogP contribution in [0, 0.1) is 0 Å². The van der Waals surface area contributed by atoms with Crippen LogP contribution in [-0.4, -0.2) is 25.3 Å². The second-order valence-corrected chi connectivity index (χ2v) is 7.48. The number of rotatable bonds is 8. The minimum Gasteiger partial charge on any atom is -0.326 e. The highest BCUT2D eigenvalue weighted by Crippen LogP contribution is 2.25. The van der Waals surface area contributed by atoms with Crippen LogP contribution in [0.3, 0.4) is 0 Å². The van der Waals surface area contributed by atoms with Crippen LogP contribution in [0.2, 0.25) is 5.02 Å². The van der Waals surface area contributed by atoms with Gasteiger partial charge in [-0.05, 0) is 37.5 Å². The molecule has 0 aliphatic rings. The Bertz CT molecular complexity index is 561. The molecule has 1 rings (SSSR count). The van der Waals surface area contributed by atoms with E-state index in [-0.39, 0.29) is 10.9 Å². The molecule has 2 N–H and O–H groups in total. The van der Waals surface area contributed by atoms with Gasteiger partial charge in [-0.3, -0.25) is 0 Å². The molecule has 0 aliphatic carbocycles.